The van der Waals surface area contributed by atoms with Crippen molar-refractivity contribution in [2.24, 2.45) is 5.92 Å². The number of likely N-dealkylation sites (tertiary alicyclic amines) is 1. The number of hydrogen-bond donors (Lipinski definition) is 1. The average Bonchev–Trinajstić information content (AvgIpc) is 2.99. The van der Waals surface area contributed by atoms with E-state index in [1.807, 2.05) is 17.0 Å². The minimum absolute atomic E-state index is 0.0785. The van der Waals surface area contributed by atoms with Gasteiger partial charge < -0.3 is 10.2 Å². The van der Waals surface area contributed by atoms with E-state index in [0.717, 1.165) is 38.8 Å². The minimum Gasteiger partial charge on any atom is -0.355 e. The smallest absolute Gasteiger partial charge is 0.246 e. The molecule has 2 amide bonds. The van der Waals surface area contributed by atoms with E-state index in [1.165, 1.54) is 18.4 Å². The van der Waals surface area contributed by atoms with Gasteiger partial charge in [0.1, 0.15) is 6.42 Å². The zero-order valence-electron chi connectivity index (χ0n) is 12.4. The average molecular weight is 289 g/mol. The van der Waals surface area contributed by atoms with Crippen molar-refractivity contribution < 1.29 is 9.59 Å². The second-order valence-corrected chi connectivity index (χ2v) is 5.92. The van der Waals surface area contributed by atoms with Gasteiger partial charge in [-0.3, -0.25) is 9.59 Å². The van der Waals surface area contributed by atoms with Crippen LogP contribution < -0.4 is 5.32 Å². The molecule has 1 aliphatic heterocycles. The first kappa shape index (κ1) is 15.6. The number of piperidine rings is 1. The number of rotatable bonds is 4. The third-order valence-corrected chi connectivity index (χ3v) is 4.33. The van der Waals surface area contributed by atoms with Gasteiger partial charge in [-0.15, -0.1) is 0 Å². The monoisotopic (exact) mass is 289 g/mol. The summed E-state index contributed by atoms with van der Waals surface area (Å²) in [5, 5.41) is 11.2. The maximum absolute atomic E-state index is 12.2. The molecule has 2 aliphatic rings. The number of hydrogen-bond acceptors (Lipinski definition) is 3. The van der Waals surface area contributed by atoms with Crippen molar-refractivity contribution in [1.29, 1.82) is 5.26 Å². The van der Waals surface area contributed by atoms with Gasteiger partial charge in [-0.2, -0.15) is 5.26 Å². The molecule has 1 saturated heterocycles. The van der Waals surface area contributed by atoms with Crippen LogP contribution in [-0.4, -0.2) is 36.3 Å². The van der Waals surface area contributed by atoms with Gasteiger partial charge >= 0.3 is 0 Å². The number of nitrogens with zero attached hydrogens (tertiary/aromatic N) is 2. The van der Waals surface area contributed by atoms with Crippen LogP contribution in [-0.2, 0) is 9.59 Å². The maximum Gasteiger partial charge on any atom is 0.246 e. The summed E-state index contributed by atoms with van der Waals surface area (Å²) in [5.74, 6) is 0.358. The highest BCUT2D eigenvalue weighted by Gasteiger charge is 2.22. The summed E-state index contributed by atoms with van der Waals surface area (Å²) in [6, 6.07) is 1.84. The normalized spacial score (nSPS) is 19.2. The molecule has 21 heavy (non-hydrogen) atoms. The van der Waals surface area contributed by atoms with Gasteiger partial charge in [-0.05, 0) is 44.4 Å². The molecule has 2 rings (SSSR count). The van der Waals surface area contributed by atoms with Crippen LogP contribution in [0.2, 0.25) is 0 Å². The van der Waals surface area contributed by atoms with E-state index in [1.54, 1.807) is 0 Å². The number of carbonyl (C=O) groups is 2. The predicted octanol–water partition coefficient (Wildman–Crippen LogP) is 1.76. The van der Waals surface area contributed by atoms with Gasteiger partial charge in [0, 0.05) is 25.7 Å². The summed E-state index contributed by atoms with van der Waals surface area (Å²) in [6.45, 7) is 2.15. The molecule has 0 aromatic rings. The van der Waals surface area contributed by atoms with E-state index in [-0.39, 0.29) is 18.2 Å². The second kappa shape index (κ2) is 7.82. The van der Waals surface area contributed by atoms with E-state index in [4.69, 9.17) is 5.26 Å². The van der Waals surface area contributed by atoms with Crippen LogP contribution in [0.1, 0.15) is 44.9 Å². The summed E-state index contributed by atoms with van der Waals surface area (Å²) in [6.07, 6.45) is 8.17. The highest BCUT2D eigenvalue weighted by Crippen LogP contribution is 2.24. The van der Waals surface area contributed by atoms with E-state index >= 15 is 0 Å². The van der Waals surface area contributed by atoms with E-state index in [2.05, 4.69) is 5.32 Å². The fraction of sp³-hybridized carbons (Fsp3) is 0.688. The van der Waals surface area contributed by atoms with Crippen LogP contribution in [0.5, 0.6) is 0 Å². The van der Waals surface area contributed by atoms with Crippen LogP contribution in [0.4, 0.5) is 0 Å². The molecule has 0 bridgehead atoms. The Kier molecular flexibility index (Phi) is 5.79. The second-order valence-electron chi connectivity index (χ2n) is 5.92. The molecule has 0 aromatic carbocycles. The van der Waals surface area contributed by atoms with E-state index < -0.39 is 0 Å². The van der Waals surface area contributed by atoms with Crippen LogP contribution in [0.25, 0.3) is 0 Å². The van der Waals surface area contributed by atoms with Gasteiger partial charge in [-0.25, -0.2) is 0 Å². The number of carbonyl (C=O) groups excluding carboxylic acids is 2. The Labute approximate surface area is 126 Å². The van der Waals surface area contributed by atoms with Gasteiger partial charge in [0.05, 0.1) is 6.07 Å². The largest absolute Gasteiger partial charge is 0.355 e. The highest BCUT2D eigenvalue weighted by atomic mass is 16.2. The molecule has 1 saturated carbocycles. The van der Waals surface area contributed by atoms with E-state index in [9.17, 15) is 9.59 Å². The van der Waals surface area contributed by atoms with E-state index in [0.29, 0.717) is 12.5 Å². The Hall–Kier alpha value is -1.83. The molecular weight excluding hydrogens is 266 g/mol. The predicted molar refractivity (Wildman–Crippen MR) is 79.1 cm³/mol. The Morgan fingerprint density at radius 2 is 1.95 bits per heavy atom. The number of nitriles is 1. The molecule has 5 heteroatoms. The summed E-state index contributed by atoms with van der Waals surface area (Å²) in [7, 11) is 0. The van der Waals surface area contributed by atoms with Gasteiger partial charge in [0.25, 0.3) is 0 Å². The lowest BCUT2D eigenvalue weighted by Crippen LogP contribution is -2.41. The van der Waals surface area contributed by atoms with Gasteiger partial charge in [0.2, 0.25) is 11.8 Å². The van der Waals surface area contributed by atoms with Crippen molar-refractivity contribution >= 4 is 11.8 Å². The quantitative estimate of drug-likeness (QED) is 0.801. The summed E-state index contributed by atoms with van der Waals surface area (Å²) in [4.78, 5) is 25.3. The Balaban J connectivity index is 1.70. The SMILES string of the molecule is N#CCC(=O)NCC1CCN(C(=O)C=C2CCCC2)CC1. The zero-order chi connectivity index (χ0) is 15.1. The lowest BCUT2D eigenvalue weighted by molar-refractivity contribution is -0.127. The third-order valence-electron chi connectivity index (χ3n) is 4.33. The van der Waals surface area contributed by atoms with Crippen LogP contribution >= 0.6 is 0 Å². The molecule has 0 unspecified atom stereocenters. The maximum atomic E-state index is 12.2. The van der Waals surface area contributed by atoms with Crippen molar-refractivity contribution in [3.63, 3.8) is 0 Å². The number of amides is 2. The lowest BCUT2D eigenvalue weighted by Gasteiger charge is -2.31. The highest BCUT2D eigenvalue weighted by molar-refractivity contribution is 5.88. The third kappa shape index (κ3) is 4.89. The minimum atomic E-state index is -0.207. The van der Waals surface area contributed by atoms with Crippen LogP contribution in [0.3, 0.4) is 0 Å². The molecular formula is C16H23N3O2. The van der Waals surface area contributed by atoms with Crippen LogP contribution in [0, 0.1) is 17.2 Å². The first-order valence-electron chi connectivity index (χ1n) is 7.81. The van der Waals surface area contributed by atoms with Gasteiger partial charge in [0.15, 0.2) is 0 Å². The van der Waals surface area contributed by atoms with Gasteiger partial charge in [-0.1, -0.05) is 5.57 Å². The molecule has 1 N–H and O–H groups in total. The lowest BCUT2D eigenvalue weighted by atomic mass is 9.96. The fourth-order valence-electron chi connectivity index (χ4n) is 2.99. The first-order chi connectivity index (χ1) is 10.2. The van der Waals surface area contributed by atoms with Crippen LogP contribution in [0.15, 0.2) is 11.6 Å². The van der Waals surface area contributed by atoms with Crippen molar-refractivity contribution in [3.05, 3.63) is 11.6 Å². The molecule has 0 aromatic heterocycles. The van der Waals surface area contributed by atoms with Crippen molar-refractivity contribution in [1.82, 2.24) is 10.2 Å². The Morgan fingerprint density at radius 1 is 1.29 bits per heavy atom. The molecule has 1 aliphatic carbocycles. The number of nitrogens with one attached hydrogen (secondary N) is 1. The topological polar surface area (TPSA) is 73.2 Å². The summed E-state index contributed by atoms with van der Waals surface area (Å²) in [5.41, 5.74) is 1.30. The number of allylic oxidation sites excluding steroid dienone is 1. The van der Waals surface area contributed by atoms with Crippen molar-refractivity contribution in [2.45, 2.75) is 44.9 Å². The summed E-state index contributed by atoms with van der Waals surface area (Å²) < 4.78 is 0. The van der Waals surface area contributed by atoms with Crippen molar-refractivity contribution in [2.75, 3.05) is 19.6 Å². The molecule has 0 radical (unpaired) electrons. The molecule has 114 valence electrons. The molecule has 2 fully saturated rings. The molecule has 5 nitrogen and oxygen atoms in total. The zero-order valence-corrected chi connectivity index (χ0v) is 12.4. The molecule has 0 atom stereocenters. The molecule has 0 spiro atoms. The fourth-order valence-corrected chi connectivity index (χ4v) is 2.99. The standard InChI is InChI=1S/C16H23N3O2/c17-8-5-15(20)18-12-14-6-9-19(10-7-14)16(21)11-13-3-1-2-4-13/h11,14H,1-7,9-10,12H2,(H,18,20). The Bertz CT molecular complexity index is 449. The summed E-state index contributed by atoms with van der Waals surface area (Å²) >= 11 is 0. The molecule has 1 heterocycles. The van der Waals surface area contributed by atoms with Crippen molar-refractivity contribution in [3.8, 4) is 6.07 Å². The first-order valence-corrected chi connectivity index (χ1v) is 7.81. The Morgan fingerprint density at radius 3 is 2.57 bits per heavy atom.